The molecule has 3 aromatic rings. The van der Waals surface area contributed by atoms with Crippen LogP contribution in [0.1, 0.15) is 17.3 Å². The molecule has 0 aliphatic rings. The van der Waals surface area contributed by atoms with Crippen molar-refractivity contribution in [3.05, 3.63) is 60.6 Å². The average molecular weight is 414 g/mol. The molecule has 150 valence electrons. The van der Waals surface area contributed by atoms with Crippen molar-refractivity contribution in [3.63, 3.8) is 0 Å². The molecule has 10 nitrogen and oxygen atoms in total. The maximum Gasteiger partial charge on any atom is 0.257 e. The molecule has 0 aliphatic carbocycles. The molecule has 3 N–H and O–H groups in total. The molecule has 0 radical (unpaired) electrons. The minimum atomic E-state index is -3.61. The first-order chi connectivity index (χ1) is 13.7. The molecule has 0 spiro atoms. The van der Waals surface area contributed by atoms with Crippen LogP contribution in [0.15, 0.2) is 55.0 Å². The number of benzene rings is 1. The number of nitrogens with zero attached hydrogens (tertiary/aromatic N) is 3. The van der Waals surface area contributed by atoms with Gasteiger partial charge in [0.25, 0.3) is 5.91 Å². The van der Waals surface area contributed by atoms with E-state index in [-0.39, 0.29) is 17.2 Å². The molecule has 11 heteroatoms. The number of hydrogen-bond acceptors (Lipinski definition) is 6. The van der Waals surface area contributed by atoms with Gasteiger partial charge in [-0.1, -0.05) is 0 Å². The standard InChI is InChI=1S/C18H18N6O4S/c1-12(25)21-13-4-6-16(23-29(2,27)28)15(10-13)18(26)22-14-5-7-17(19-11-14)24-9-3-8-20-24/h3-11,23H,1-2H3,(H,21,25)(H,22,26). The first-order valence-corrected chi connectivity index (χ1v) is 10.3. The zero-order chi connectivity index (χ0) is 21.0. The van der Waals surface area contributed by atoms with Crippen LogP contribution >= 0.6 is 0 Å². The number of amides is 2. The van der Waals surface area contributed by atoms with Crippen molar-refractivity contribution in [2.75, 3.05) is 21.6 Å². The van der Waals surface area contributed by atoms with Crippen LogP contribution in [0.5, 0.6) is 0 Å². The molecule has 0 bridgehead atoms. The fourth-order valence-corrected chi connectivity index (χ4v) is 3.08. The maximum atomic E-state index is 12.8. The highest BCUT2D eigenvalue weighted by molar-refractivity contribution is 7.92. The molecular formula is C18H18N6O4S. The Morgan fingerprint density at radius 1 is 1.07 bits per heavy atom. The van der Waals surface area contributed by atoms with E-state index in [0.717, 1.165) is 6.26 Å². The van der Waals surface area contributed by atoms with Crippen molar-refractivity contribution in [3.8, 4) is 5.82 Å². The molecule has 0 saturated heterocycles. The Balaban J connectivity index is 1.86. The molecule has 0 atom stereocenters. The number of hydrogen-bond donors (Lipinski definition) is 3. The van der Waals surface area contributed by atoms with Crippen molar-refractivity contribution in [1.29, 1.82) is 0 Å². The van der Waals surface area contributed by atoms with E-state index in [1.807, 2.05) is 0 Å². The first kappa shape index (κ1) is 20.0. The number of sulfonamides is 1. The van der Waals surface area contributed by atoms with Gasteiger partial charge in [0, 0.05) is 25.0 Å². The second kappa shape index (κ2) is 8.10. The zero-order valence-corrected chi connectivity index (χ0v) is 16.4. The largest absolute Gasteiger partial charge is 0.326 e. The van der Waals surface area contributed by atoms with Gasteiger partial charge in [-0.2, -0.15) is 5.10 Å². The summed E-state index contributed by atoms with van der Waals surface area (Å²) in [4.78, 5) is 28.3. The summed E-state index contributed by atoms with van der Waals surface area (Å²) >= 11 is 0. The van der Waals surface area contributed by atoms with Gasteiger partial charge in [0.15, 0.2) is 5.82 Å². The Kier molecular flexibility index (Phi) is 5.59. The monoisotopic (exact) mass is 414 g/mol. The molecule has 2 heterocycles. The fraction of sp³-hybridized carbons (Fsp3) is 0.111. The quantitative estimate of drug-likeness (QED) is 0.563. The molecule has 2 aromatic heterocycles. The van der Waals surface area contributed by atoms with E-state index in [9.17, 15) is 18.0 Å². The molecule has 29 heavy (non-hydrogen) atoms. The lowest BCUT2D eigenvalue weighted by Gasteiger charge is -2.13. The summed E-state index contributed by atoms with van der Waals surface area (Å²) in [5, 5.41) is 9.29. The Labute approximate surface area is 167 Å². The molecule has 0 saturated carbocycles. The van der Waals surface area contributed by atoms with Gasteiger partial charge in [-0.3, -0.25) is 14.3 Å². The lowest BCUT2D eigenvalue weighted by Crippen LogP contribution is -2.18. The van der Waals surface area contributed by atoms with E-state index >= 15 is 0 Å². The zero-order valence-electron chi connectivity index (χ0n) is 15.6. The Hall–Kier alpha value is -3.73. The van der Waals surface area contributed by atoms with Gasteiger partial charge in [-0.05, 0) is 36.4 Å². The molecule has 0 aliphatic heterocycles. The van der Waals surface area contributed by atoms with Gasteiger partial charge in [0.1, 0.15) is 0 Å². The summed E-state index contributed by atoms with van der Waals surface area (Å²) < 4.78 is 27.1. The van der Waals surface area contributed by atoms with Crippen LogP contribution in [-0.4, -0.2) is 41.3 Å². The summed E-state index contributed by atoms with van der Waals surface area (Å²) in [6, 6.07) is 9.35. The summed E-state index contributed by atoms with van der Waals surface area (Å²) in [6.45, 7) is 1.33. The summed E-state index contributed by atoms with van der Waals surface area (Å²) in [5.41, 5.74) is 0.882. The van der Waals surface area contributed by atoms with E-state index in [1.54, 1.807) is 35.3 Å². The summed E-state index contributed by atoms with van der Waals surface area (Å²) in [6.07, 6.45) is 5.79. The first-order valence-electron chi connectivity index (χ1n) is 8.38. The van der Waals surface area contributed by atoms with Crippen LogP contribution in [0.4, 0.5) is 17.1 Å². The van der Waals surface area contributed by atoms with E-state index in [0.29, 0.717) is 17.2 Å². The molecule has 2 amide bonds. The van der Waals surface area contributed by atoms with Crippen molar-refractivity contribution in [2.45, 2.75) is 6.92 Å². The minimum Gasteiger partial charge on any atom is -0.326 e. The van der Waals surface area contributed by atoms with Crippen molar-refractivity contribution in [1.82, 2.24) is 14.8 Å². The second-order valence-corrected chi connectivity index (χ2v) is 7.87. The van der Waals surface area contributed by atoms with Gasteiger partial charge in [0.05, 0.1) is 29.4 Å². The highest BCUT2D eigenvalue weighted by Crippen LogP contribution is 2.23. The van der Waals surface area contributed by atoms with Crippen LogP contribution in [0.3, 0.4) is 0 Å². The van der Waals surface area contributed by atoms with Gasteiger partial charge in [0.2, 0.25) is 15.9 Å². The average Bonchev–Trinajstić information content (AvgIpc) is 3.16. The Morgan fingerprint density at radius 2 is 1.83 bits per heavy atom. The van der Waals surface area contributed by atoms with E-state index < -0.39 is 15.9 Å². The van der Waals surface area contributed by atoms with Crippen molar-refractivity contribution >= 4 is 38.9 Å². The van der Waals surface area contributed by atoms with E-state index in [1.165, 1.54) is 31.3 Å². The lowest BCUT2D eigenvalue weighted by atomic mass is 10.1. The predicted molar refractivity (Wildman–Crippen MR) is 109 cm³/mol. The smallest absolute Gasteiger partial charge is 0.257 e. The molecule has 0 fully saturated rings. The normalized spacial score (nSPS) is 11.0. The Bertz CT molecular complexity index is 1140. The Morgan fingerprint density at radius 3 is 2.41 bits per heavy atom. The number of carbonyl (C=O) groups is 2. The number of pyridine rings is 1. The number of nitrogens with one attached hydrogen (secondary N) is 3. The molecule has 0 unspecified atom stereocenters. The van der Waals surface area contributed by atoms with Gasteiger partial charge >= 0.3 is 0 Å². The van der Waals surface area contributed by atoms with E-state index in [2.05, 4.69) is 25.4 Å². The van der Waals surface area contributed by atoms with E-state index in [4.69, 9.17) is 0 Å². The van der Waals surface area contributed by atoms with Crippen LogP contribution in [0.2, 0.25) is 0 Å². The third-order valence-electron chi connectivity index (χ3n) is 3.62. The SMILES string of the molecule is CC(=O)Nc1ccc(NS(C)(=O)=O)c(C(=O)Nc2ccc(-n3cccn3)nc2)c1. The third-order valence-corrected chi connectivity index (χ3v) is 4.22. The number of carbonyl (C=O) groups excluding carboxylic acids is 2. The second-order valence-electron chi connectivity index (χ2n) is 6.13. The number of anilines is 3. The van der Waals surface area contributed by atoms with Crippen molar-refractivity contribution in [2.24, 2.45) is 0 Å². The molecule has 3 rings (SSSR count). The highest BCUT2D eigenvalue weighted by atomic mass is 32.2. The summed E-state index contributed by atoms with van der Waals surface area (Å²) in [5.74, 6) is -0.323. The summed E-state index contributed by atoms with van der Waals surface area (Å²) in [7, 11) is -3.61. The minimum absolute atomic E-state index is 0.0397. The number of aromatic nitrogens is 3. The van der Waals surface area contributed by atoms with Crippen LogP contribution in [-0.2, 0) is 14.8 Å². The third kappa shape index (κ3) is 5.39. The molecule has 1 aromatic carbocycles. The number of rotatable bonds is 6. The van der Waals surface area contributed by atoms with Crippen LogP contribution < -0.4 is 15.4 Å². The molecular weight excluding hydrogens is 396 g/mol. The van der Waals surface area contributed by atoms with Crippen LogP contribution in [0, 0.1) is 0 Å². The van der Waals surface area contributed by atoms with Crippen LogP contribution in [0.25, 0.3) is 5.82 Å². The van der Waals surface area contributed by atoms with Gasteiger partial charge in [-0.25, -0.2) is 18.1 Å². The topological polar surface area (TPSA) is 135 Å². The van der Waals surface area contributed by atoms with Gasteiger partial charge in [-0.15, -0.1) is 0 Å². The lowest BCUT2D eigenvalue weighted by molar-refractivity contribution is -0.114. The highest BCUT2D eigenvalue weighted by Gasteiger charge is 2.16. The van der Waals surface area contributed by atoms with Gasteiger partial charge < -0.3 is 10.6 Å². The maximum absolute atomic E-state index is 12.8. The predicted octanol–water partition coefficient (Wildman–Crippen LogP) is 1.85. The fourth-order valence-electron chi connectivity index (χ4n) is 2.50. The van der Waals surface area contributed by atoms with Crippen molar-refractivity contribution < 1.29 is 18.0 Å².